The van der Waals surface area contributed by atoms with Gasteiger partial charge in [0.05, 0.1) is 0 Å². The summed E-state index contributed by atoms with van der Waals surface area (Å²) in [5.41, 5.74) is 0. The molecule has 100 valence electrons. The molecule has 0 heterocycles. The Kier molecular flexibility index (Phi) is 21.8. The maximum absolute atomic E-state index is 10.4. The molecule has 0 rings (SSSR count). The molecule has 0 saturated carbocycles. The standard InChI is InChI=1S/C7H8O4.Al.Na.H2O4S.4H/c1-2-3-4-5-6(8)11-7(9)10;;;1-5(2,3)4;;;;/h2-5H,1H3,(H,9,10);;;(H2,1,2,3,4);;;;/b3-2+,5-4+;;;;;;;. The summed E-state index contributed by atoms with van der Waals surface area (Å²) in [6.45, 7) is 1.77. The summed E-state index contributed by atoms with van der Waals surface area (Å²) in [6.07, 6.45) is 4.10. The number of ether oxygens (including phenoxy) is 1. The number of hydrogen-bond donors (Lipinski definition) is 3. The summed E-state index contributed by atoms with van der Waals surface area (Å²) in [7, 11) is -4.67. The Labute approximate surface area is 137 Å². The van der Waals surface area contributed by atoms with Crippen molar-refractivity contribution < 1.29 is 37.0 Å². The van der Waals surface area contributed by atoms with Gasteiger partial charge in [0.2, 0.25) is 0 Å². The summed E-state index contributed by atoms with van der Waals surface area (Å²) in [6, 6.07) is 0. The number of hydrogen-bond acceptors (Lipinski definition) is 5. The zero-order valence-corrected chi connectivity index (χ0v) is 8.92. The van der Waals surface area contributed by atoms with Crippen LogP contribution in [0.2, 0.25) is 0 Å². The van der Waals surface area contributed by atoms with Crippen molar-refractivity contribution in [3.8, 4) is 0 Å². The minimum absolute atomic E-state index is 0. The second-order valence-corrected chi connectivity index (χ2v) is 2.92. The Morgan fingerprint density at radius 3 is 1.83 bits per heavy atom. The van der Waals surface area contributed by atoms with Crippen LogP contribution in [-0.4, -0.2) is 81.7 Å². The fourth-order valence-electron chi connectivity index (χ4n) is 0.365. The molecule has 0 radical (unpaired) electrons. The minimum atomic E-state index is -4.67. The van der Waals surface area contributed by atoms with E-state index in [4.69, 9.17) is 22.6 Å². The Hall–Kier alpha value is -0.178. The predicted octanol–water partition coefficient (Wildman–Crippen LogP) is -1.15. The van der Waals surface area contributed by atoms with Crippen LogP contribution in [-0.2, 0) is 19.9 Å². The maximum atomic E-state index is 10.4. The van der Waals surface area contributed by atoms with Crippen LogP contribution in [0, 0.1) is 0 Å². The predicted molar refractivity (Wildman–Crippen MR) is 69.3 cm³/mol. The fourth-order valence-corrected chi connectivity index (χ4v) is 0.365. The second kappa shape index (κ2) is 14.9. The monoisotopic (exact) mass is 308 g/mol. The van der Waals surface area contributed by atoms with Gasteiger partial charge in [0.15, 0.2) is 17.4 Å². The third-order valence-corrected chi connectivity index (χ3v) is 0.724. The van der Waals surface area contributed by atoms with Gasteiger partial charge in [-0.25, -0.2) is 9.59 Å². The van der Waals surface area contributed by atoms with Gasteiger partial charge in [0, 0.05) is 6.08 Å². The number of allylic oxidation sites excluding steroid dienone is 3. The molecule has 0 amide bonds. The van der Waals surface area contributed by atoms with Gasteiger partial charge in [-0.15, -0.1) is 0 Å². The molecular formula is C7H14AlNaO8S. The molecule has 0 atom stereocenters. The van der Waals surface area contributed by atoms with E-state index in [0.717, 1.165) is 6.08 Å². The normalized spacial score (nSPS) is 9.72. The average Bonchev–Trinajstić information content (AvgIpc) is 1.99. The first-order valence-electron chi connectivity index (χ1n) is 3.60. The van der Waals surface area contributed by atoms with Crippen molar-refractivity contribution in [1.29, 1.82) is 0 Å². The molecule has 3 N–H and O–H groups in total. The molecule has 0 bridgehead atoms. The van der Waals surface area contributed by atoms with Crippen molar-refractivity contribution in [2.24, 2.45) is 0 Å². The number of esters is 1. The van der Waals surface area contributed by atoms with E-state index in [1.165, 1.54) is 6.08 Å². The van der Waals surface area contributed by atoms with Crippen molar-refractivity contribution in [3.05, 3.63) is 24.3 Å². The Morgan fingerprint density at radius 1 is 1.17 bits per heavy atom. The summed E-state index contributed by atoms with van der Waals surface area (Å²) >= 11 is 0. The Balaban J connectivity index is -0.000000122. The number of carboxylic acid groups (broad SMARTS) is 1. The van der Waals surface area contributed by atoms with Crippen LogP contribution < -0.4 is 0 Å². The van der Waals surface area contributed by atoms with E-state index < -0.39 is 22.5 Å². The fraction of sp³-hybridized carbons (Fsp3) is 0.143. The van der Waals surface area contributed by atoms with Gasteiger partial charge in [-0.1, -0.05) is 18.2 Å². The van der Waals surface area contributed by atoms with Gasteiger partial charge in [-0.05, 0) is 6.92 Å². The molecule has 0 aliphatic heterocycles. The zero-order valence-electron chi connectivity index (χ0n) is 8.10. The molecule has 0 aromatic rings. The van der Waals surface area contributed by atoms with Crippen LogP contribution in [0.15, 0.2) is 24.3 Å². The third-order valence-electron chi connectivity index (χ3n) is 0.724. The summed E-state index contributed by atoms with van der Waals surface area (Å²) in [5.74, 6) is -0.893. The zero-order chi connectivity index (χ0) is 13.2. The van der Waals surface area contributed by atoms with Crippen molar-refractivity contribution in [2.45, 2.75) is 6.92 Å². The SMILES string of the molecule is C/C=C/C=C/C(=O)OC(=O)O.O=S(=O)(O)O.[AlH3].[NaH]. The van der Waals surface area contributed by atoms with E-state index in [1.54, 1.807) is 19.1 Å². The van der Waals surface area contributed by atoms with Crippen LogP contribution in [0.25, 0.3) is 0 Å². The Bertz CT molecular complexity index is 380. The van der Waals surface area contributed by atoms with Crippen molar-refractivity contribution in [3.63, 3.8) is 0 Å². The van der Waals surface area contributed by atoms with Gasteiger partial charge in [0.1, 0.15) is 0 Å². The summed E-state index contributed by atoms with van der Waals surface area (Å²) in [5, 5.41) is 7.95. The van der Waals surface area contributed by atoms with E-state index >= 15 is 0 Å². The molecular weight excluding hydrogens is 294 g/mol. The molecule has 0 saturated heterocycles. The van der Waals surface area contributed by atoms with Crippen molar-refractivity contribution in [1.82, 2.24) is 0 Å². The quantitative estimate of drug-likeness (QED) is 0.145. The third kappa shape index (κ3) is 44.7. The number of carbonyl (C=O) groups excluding carboxylic acids is 1. The van der Waals surface area contributed by atoms with Gasteiger partial charge in [-0.2, -0.15) is 8.42 Å². The van der Waals surface area contributed by atoms with Crippen molar-refractivity contribution in [2.75, 3.05) is 0 Å². The van der Waals surface area contributed by atoms with Crippen molar-refractivity contribution >= 4 is 69.4 Å². The Morgan fingerprint density at radius 2 is 1.56 bits per heavy atom. The second-order valence-electron chi connectivity index (χ2n) is 2.02. The molecule has 0 spiro atoms. The van der Waals surface area contributed by atoms with Crippen LogP contribution in [0.1, 0.15) is 6.92 Å². The number of carbonyl (C=O) groups is 2. The van der Waals surface area contributed by atoms with Gasteiger partial charge in [0.25, 0.3) is 0 Å². The molecule has 0 aliphatic carbocycles. The average molecular weight is 308 g/mol. The van der Waals surface area contributed by atoms with Crippen LogP contribution in [0.3, 0.4) is 0 Å². The first-order valence-corrected chi connectivity index (χ1v) is 5.00. The van der Waals surface area contributed by atoms with Gasteiger partial charge < -0.3 is 9.84 Å². The summed E-state index contributed by atoms with van der Waals surface area (Å²) < 4.78 is 35.3. The van der Waals surface area contributed by atoms with Gasteiger partial charge in [-0.3, -0.25) is 9.11 Å². The molecule has 8 nitrogen and oxygen atoms in total. The van der Waals surface area contributed by atoms with Gasteiger partial charge >= 0.3 is 52.1 Å². The summed E-state index contributed by atoms with van der Waals surface area (Å²) in [4.78, 5) is 20.2. The molecule has 0 unspecified atom stereocenters. The molecule has 11 heteroatoms. The number of rotatable bonds is 2. The topological polar surface area (TPSA) is 138 Å². The molecule has 18 heavy (non-hydrogen) atoms. The first kappa shape index (κ1) is 26.4. The van der Waals surface area contributed by atoms with E-state index in [0.29, 0.717) is 0 Å². The first-order chi connectivity index (χ1) is 7.16. The van der Waals surface area contributed by atoms with E-state index in [2.05, 4.69) is 4.74 Å². The van der Waals surface area contributed by atoms with E-state index in [9.17, 15) is 9.59 Å². The molecule has 0 fully saturated rings. The van der Waals surface area contributed by atoms with E-state index in [-0.39, 0.29) is 46.9 Å². The molecule has 0 aliphatic rings. The van der Waals surface area contributed by atoms with Crippen LogP contribution >= 0.6 is 0 Å². The van der Waals surface area contributed by atoms with E-state index in [1.807, 2.05) is 0 Å². The van der Waals surface area contributed by atoms with Crippen LogP contribution in [0.4, 0.5) is 4.79 Å². The molecule has 0 aromatic carbocycles. The molecule has 0 aromatic heterocycles. The van der Waals surface area contributed by atoms with Crippen LogP contribution in [0.5, 0.6) is 0 Å².